The van der Waals surface area contributed by atoms with Crippen molar-refractivity contribution in [3.05, 3.63) is 210 Å². The van der Waals surface area contributed by atoms with Crippen molar-refractivity contribution >= 4 is 112 Å². The van der Waals surface area contributed by atoms with Crippen LogP contribution < -0.4 is 45.9 Å². The van der Waals surface area contributed by atoms with Crippen LogP contribution in [0.3, 0.4) is 0 Å². The van der Waals surface area contributed by atoms with Crippen molar-refractivity contribution in [3.8, 4) is 5.69 Å². The SMILES string of the molecule is CC[C@H](NC(=O)[C@H](CC1CCCCC1)NC(=O)c1ccc(CCNC(=O)CCCN(C)c2ccc(N=Nc3ccc4nc5ccc(N(CC)CC)cc5[n+](-c5ccccc5)c4c3)cc2)cc1)C(=O)NCCNC(=O)CCCCCN1C(=CC=CC=CC2=[N+](CC)c3ccc(S(=O)(=O)O)cc3C2(C)C)C(C)(C)c2cc(S(=O)(=O)O)ccc21. The van der Waals surface area contributed by atoms with Crippen LogP contribution in [0.15, 0.2) is 208 Å². The Hall–Kier alpha value is -10.8. The van der Waals surface area contributed by atoms with E-state index in [1.165, 1.54) is 24.3 Å². The van der Waals surface area contributed by atoms with E-state index in [1.807, 2.05) is 145 Å². The van der Waals surface area contributed by atoms with Crippen molar-refractivity contribution in [3.63, 3.8) is 0 Å². The van der Waals surface area contributed by atoms with E-state index in [9.17, 15) is 49.9 Å². The number of allylic oxidation sites excluding steroid dienone is 6. The highest BCUT2D eigenvalue weighted by molar-refractivity contribution is 7.86. The molecule has 3 heterocycles. The number of unbranched alkanes of at least 4 members (excludes halogenated alkanes) is 2. The average molecular weight is 1620 g/mol. The number of anilines is 3. The Morgan fingerprint density at radius 1 is 0.621 bits per heavy atom. The largest absolute Gasteiger partial charge is 0.375 e. The molecule has 8 aromatic rings. The van der Waals surface area contributed by atoms with Crippen LogP contribution in [0.1, 0.15) is 166 Å². The van der Waals surface area contributed by atoms with Gasteiger partial charge < -0.3 is 41.3 Å². The molecule has 2 aliphatic heterocycles. The average Bonchev–Trinajstić information content (AvgIpc) is 1.55. The van der Waals surface area contributed by atoms with E-state index < -0.39 is 60.9 Å². The van der Waals surface area contributed by atoms with Gasteiger partial charge in [0, 0.05) is 141 Å². The number of para-hydroxylation sites is 1. The fourth-order valence-corrected chi connectivity index (χ4v) is 17.1. The highest BCUT2D eigenvalue weighted by Crippen LogP contribution is 2.49. The number of hydrogen-bond acceptors (Lipinski definition) is 15. The summed E-state index contributed by atoms with van der Waals surface area (Å²) in [5, 5.41) is 23.9. The van der Waals surface area contributed by atoms with Crippen LogP contribution in [0.4, 0.5) is 34.1 Å². The van der Waals surface area contributed by atoms with Gasteiger partial charge in [0.15, 0.2) is 5.71 Å². The molecule has 0 unspecified atom stereocenters. The van der Waals surface area contributed by atoms with Crippen molar-refractivity contribution < 1.29 is 59.1 Å². The van der Waals surface area contributed by atoms with Crippen molar-refractivity contribution in [2.24, 2.45) is 16.1 Å². The molecule has 0 radical (unpaired) electrons. The van der Waals surface area contributed by atoms with E-state index in [0.717, 1.165) is 124 Å². The summed E-state index contributed by atoms with van der Waals surface area (Å²) < 4.78 is 72.9. The molecule has 3 aliphatic rings. The standard InChI is InChI=1S/C90H109N13O11S2/c1-10-74(87(107)93-54-53-92-84(104)33-24-17-25-56-102-79-50-46-71(116(112,113)114)61-73(79)90(7,8)83(102)32-23-16-22-31-82-89(5,6)72-60-70(115(109,110)111)45-49-78(72)101(82)13-4)95-88(108)77(57-63-27-18-14-19-28-63)96-86(106)64-37-35-62(36-38-64)51-52-91-85(105)34-26-55-99(9)67-42-39-65(40-43-67)97-98-66-41-47-75-80(58-66)103(68-29-20-15-21-30-68)81-59-69(100(11-2)12-3)44-48-76(81)94-75/h15-16,20-23,29-32,35-50,58-61,63,74,77H,10-14,17-19,24-28,33-34,51-57H2,1-9H3,(H5-2,91,92,93,95,96,104,105,106,107,108,109,110,111,112,113,114)/p+2/t74-,77-/m0/s1. The van der Waals surface area contributed by atoms with Gasteiger partial charge in [-0.05, 0) is 187 Å². The number of fused-ring (bicyclic) bond motifs is 4. The summed E-state index contributed by atoms with van der Waals surface area (Å²) in [4.78, 5) is 79.0. The zero-order valence-electron chi connectivity index (χ0n) is 68.1. The van der Waals surface area contributed by atoms with Crippen LogP contribution in [0, 0.1) is 5.92 Å². The highest BCUT2D eigenvalue weighted by atomic mass is 32.2. The molecular formula is C90H111N13O11S2+2. The minimum atomic E-state index is -4.49. The lowest BCUT2D eigenvalue weighted by Gasteiger charge is -2.28. The van der Waals surface area contributed by atoms with Gasteiger partial charge >= 0.3 is 0 Å². The van der Waals surface area contributed by atoms with Gasteiger partial charge in [-0.3, -0.25) is 33.1 Å². The minimum Gasteiger partial charge on any atom is -0.375 e. The molecule has 0 saturated heterocycles. The Morgan fingerprint density at radius 3 is 1.93 bits per heavy atom. The Kier molecular flexibility index (Phi) is 28.8. The molecule has 1 saturated carbocycles. The summed E-state index contributed by atoms with van der Waals surface area (Å²) in [5.74, 6) is -1.27. The second-order valence-corrected chi connectivity index (χ2v) is 34.0. The van der Waals surface area contributed by atoms with Gasteiger partial charge in [0.05, 0.1) is 26.6 Å². The minimum absolute atomic E-state index is 0.0524. The highest BCUT2D eigenvalue weighted by Gasteiger charge is 2.45. The van der Waals surface area contributed by atoms with Crippen molar-refractivity contribution in [2.75, 3.05) is 74.1 Å². The van der Waals surface area contributed by atoms with E-state index in [4.69, 9.17) is 4.98 Å². The maximum absolute atomic E-state index is 14.1. The van der Waals surface area contributed by atoms with Gasteiger partial charge in [-0.15, -0.1) is 4.57 Å². The molecule has 11 rings (SSSR count). The first-order chi connectivity index (χ1) is 55.6. The van der Waals surface area contributed by atoms with E-state index >= 15 is 0 Å². The van der Waals surface area contributed by atoms with E-state index in [0.29, 0.717) is 88.1 Å². The lowest BCUT2D eigenvalue weighted by Crippen LogP contribution is -2.54. The maximum Gasteiger partial charge on any atom is 0.294 e. The zero-order valence-corrected chi connectivity index (χ0v) is 69.7. The molecular weight excluding hydrogens is 1500 g/mol. The Morgan fingerprint density at radius 2 is 1.25 bits per heavy atom. The molecule has 0 spiro atoms. The molecule has 26 heteroatoms. The third kappa shape index (κ3) is 21.3. The topological polar surface area (TPSA) is 308 Å². The molecule has 612 valence electrons. The number of amides is 5. The monoisotopic (exact) mass is 1610 g/mol. The summed E-state index contributed by atoms with van der Waals surface area (Å²) >= 11 is 0. The van der Waals surface area contributed by atoms with Gasteiger partial charge in [-0.25, -0.2) is 4.98 Å². The van der Waals surface area contributed by atoms with Gasteiger partial charge in [-0.1, -0.05) is 108 Å². The molecule has 2 atom stereocenters. The maximum atomic E-state index is 14.1. The number of rotatable bonds is 37. The number of carbonyl (C=O) groups is 5. The number of nitrogens with one attached hydrogen (secondary N) is 5. The molecule has 24 nitrogen and oxygen atoms in total. The van der Waals surface area contributed by atoms with Crippen molar-refractivity contribution in [1.29, 1.82) is 0 Å². The molecule has 116 heavy (non-hydrogen) atoms. The number of nitrogens with zero attached hydrogens (tertiary/aromatic N) is 8. The number of azo groups is 1. The Bertz CT molecular complexity index is 5290. The predicted molar refractivity (Wildman–Crippen MR) is 458 cm³/mol. The van der Waals surface area contributed by atoms with Gasteiger partial charge in [0.2, 0.25) is 46.0 Å². The second kappa shape index (κ2) is 38.8. The van der Waals surface area contributed by atoms with Crippen LogP contribution in [0.25, 0.3) is 27.8 Å². The molecule has 7 N–H and O–H groups in total. The summed E-state index contributed by atoms with van der Waals surface area (Å²) in [6, 6.07) is 45.2. The van der Waals surface area contributed by atoms with Crippen LogP contribution in [0.2, 0.25) is 0 Å². The fourth-order valence-electron chi connectivity index (χ4n) is 16.0. The van der Waals surface area contributed by atoms with Crippen molar-refractivity contribution in [2.45, 2.75) is 178 Å². The summed E-state index contributed by atoms with van der Waals surface area (Å²) in [5.41, 5.74) is 13.3. The molecule has 1 aliphatic carbocycles. The van der Waals surface area contributed by atoms with Crippen LogP contribution in [-0.2, 0) is 56.7 Å². The molecule has 1 aromatic heterocycles. The molecule has 0 bridgehead atoms. The number of benzene rings is 7. The first-order valence-electron chi connectivity index (χ1n) is 40.7. The summed E-state index contributed by atoms with van der Waals surface area (Å²) in [7, 11) is -6.89. The lowest BCUT2D eigenvalue weighted by molar-refractivity contribution is -0.538. The molecule has 7 aromatic carbocycles. The fraction of sp³-hybridized carbons (Fsp3) is 0.400. The van der Waals surface area contributed by atoms with E-state index in [-0.39, 0.29) is 53.5 Å². The first kappa shape index (κ1) is 86.1. The van der Waals surface area contributed by atoms with Crippen LogP contribution >= 0.6 is 0 Å². The predicted octanol–water partition coefficient (Wildman–Crippen LogP) is 14.6. The Labute approximate surface area is 682 Å². The number of hydrogen-bond donors (Lipinski definition) is 7. The smallest absolute Gasteiger partial charge is 0.294 e. The Balaban J connectivity index is 0.597. The first-order valence-corrected chi connectivity index (χ1v) is 43.5. The number of carbonyl (C=O) groups excluding carboxylic acids is 5. The van der Waals surface area contributed by atoms with Gasteiger partial charge in [-0.2, -0.15) is 31.6 Å². The van der Waals surface area contributed by atoms with E-state index in [2.05, 4.69) is 105 Å². The van der Waals surface area contributed by atoms with Gasteiger partial charge in [0.25, 0.3) is 26.1 Å². The zero-order chi connectivity index (χ0) is 82.9. The van der Waals surface area contributed by atoms with E-state index in [1.54, 1.807) is 31.2 Å². The normalized spacial score (nSPS) is 15.6. The lowest BCUT2D eigenvalue weighted by atomic mass is 9.81. The third-order valence-corrected chi connectivity index (χ3v) is 24.3. The number of aromatic nitrogens is 2. The summed E-state index contributed by atoms with van der Waals surface area (Å²) in [6.45, 7) is 20.5. The quantitative estimate of drug-likeness (QED) is 0.00475. The third-order valence-electron chi connectivity index (χ3n) is 22.6. The van der Waals surface area contributed by atoms with Crippen LogP contribution in [0.5, 0.6) is 0 Å². The second-order valence-electron chi connectivity index (χ2n) is 31.2. The summed E-state index contributed by atoms with van der Waals surface area (Å²) in [6.07, 6.45) is 19.2. The van der Waals surface area contributed by atoms with Gasteiger partial charge in [0.1, 0.15) is 29.7 Å². The molecule has 1 fully saturated rings. The van der Waals surface area contributed by atoms with Crippen LogP contribution in [-0.4, -0.2) is 142 Å². The molecule has 5 amide bonds. The van der Waals surface area contributed by atoms with Crippen molar-refractivity contribution in [1.82, 2.24) is 31.6 Å².